The zero-order chi connectivity index (χ0) is 14.1. The lowest BCUT2D eigenvalue weighted by Crippen LogP contribution is -2.41. The van der Waals surface area contributed by atoms with Crippen LogP contribution in [-0.4, -0.2) is 35.9 Å². The Kier molecular flexibility index (Phi) is 3.49. The quantitative estimate of drug-likeness (QED) is 0.896. The molecule has 1 aliphatic rings. The minimum Gasteiger partial charge on any atom is -0.358 e. The van der Waals surface area contributed by atoms with Gasteiger partial charge in [0.25, 0.3) is 0 Å². The SMILES string of the molecule is CNCC(C)C(=O)N1CCc2[nH]c3ccccc3c2C1. The predicted octanol–water partition coefficient (Wildman–Crippen LogP) is 1.91. The molecule has 3 rings (SSSR count). The number of carbonyl (C=O) groups is 1. The lowest BCUT2D eigenvalue weighted by molar-refractivity contribution is -0.135. The second-order valence-corrected chi connectivity index (χ2v) is 5.60. The van der Waals surface area contributed by atoms with Gasteiger partial charge in [0, 0.05) is 54.1 Å². The normalized spacial score (nSPS) is 16.2. The number of nitrogens with one attached hydrogen (secondary N) is 2. The first-order valence-electron chi connectivity index (χ1n) is 7.22. The molecule has 0 bridgehead atoms. The van der Waals surface area contributed by atoms with Crippen molar-refractivity contribution in [3.63, 3.8) is 0 Å². The first-order chi connectivity index (χ1) is 9.70. The molecule has 4 nitrogen and oxygen atoms in total. The van der Waals surface area contributed by atoms with E-state index >= 15 is 0 Å². The number of fused-ring (bicyclic) bond motifs is 3. The number of hydrogen-bond donors (Lipinski definition) is 2. The molecule has 2 aromatic rings. The molecule has 20 heavy (non-hydrogen) atoms. The number of aromatic nitrogens is 1. The molecule has 0 spiro atoms. The average Bonchev–Trinajstić information content (AvgIpc) is 2.84. The van der Waals surface area contributed by atoms with Crippen molar-refractivity contribution < 1.29 is 4.79 Å². The average molecular weight is 271 g/mol. The van der Waals surface area contributed by atoms with Crippen LogP contribution in [0.5, 0.6) is 0 Å². The summed E-state index contributed by atoms with van der Waals surface area (Å²) in [7, 11) is 1.89. The summed E-state index contributed by atoms with van der Waals surface area (Å²) >= 11 is 0. The number of hydrogen-bond acceptors (Lipinski definition) is 2. The Labute approximate surface area is 119 Å². The first kappa shape index (κ1) is 13.2. The largest absolute Gasteiger partial charge is 0.358 e. The lowest BCUT2D eigenvalue weighted by Gasteiger charge is -2.29. The molecule has 1 aromatic carbocycles. The van der Waals surface area contributed by atoms with Gasteiger partial charge in [-0.1, -0.05) is 25.1 Å². The summed E-state index contributed by atoms with van der Waals surface area (Å²) in [5.74, 6) is 0.280. The maximum Gasteiger partial charge on any atom is 0.226 e. The van der Waals surface area contributed by atoms with E-state index in [0.29, 0.717) is 0 Å². The molecule has 0 saturated heterocycles. The minimum absolute atomic E-state index is 0.0340. The number of aromatic amines is 1. The van der Waals surface area contributed by atoms with Gasteiger partial charge in [0.15, 0.2) is 0 Å². The van der Waals surface area contributed by atoms with Crippen molar-refractivity contribution in [2.24, 2.45) is 5.92 Å². The Bertz CT molecular complexity index is 632. The van der Waals surface area contributed by atoms with E-state index in [0.717, 1.165) is 26.1 Å². The Balaban J connectivity index is 1.86. The van der Waals surface area contributed by atoms with Crippen molar-refractivity contribution in [1.82, 2.24) is 15.2 Å². The molecule has 0 saturated carbocycles. The van der Waals surface area contributed by atoms with Crippen molar-refractivity contribution in [3.8, 4) is 0 Å². The van der Waals surface area contributed by atoms with Gasteiger partial charge in [-0.05, 0) is 13.1 Å². The molecule has 1 atom stereocenters. The van der Waals surface area contributed by atoms with E-state index in [1.807, 2.05) is 24.9 Å². The van der Waals surface area contributed by atoms with E-state index in [9.17, 15) is 4.79 Å². The van der Waals surface area contributed by atoms with Gasteiger partial charge in [0.1, 0.15) is 0 Å². The predicted molar refractivity (Wildman–Crippen MR) is 80.5 cm³/mol. The Morgan fingerprint density at radius 3 is 3.05 bits per heavy atom. The molecular formula is C16H21N3O. The second-order valence-electron chi connectivity index (χ2n) is 5.60. The van der Waals surface area contributed by atoms with Gasteiger partial charge in [-0.3, -0.25) is 4.79 Å². The zero-order valence-corrected chi connectivity index (χ0v) is 12.1. The van der Waals surface area contributed by atoms with Crippen molar-refractivity contribution in [2.75, 3.05) is 20.1 Å². The Morgan fingerprint density at radius 2 is 2.25 bits per heavy atom. The number of nitrogens with zero attached hydrogens (tertiary/aromatic N) is 1. The highest BCUT2D eigenvalue weighted by Crippen LogP contribution is 2.28. The van der Waals surface area contributed by atoms with Crippen LogP contribution in [0.25, 0.3) is 10.9 Å². The monoisotopic (exact) mass is 271 g/mol. The van der Waals surface area contributed by atoms with Crippen LogP contribution in [-0.2, 0) is 17.8 Å². The standard InChI is InChI=1S/C16H21N3O/c1-11(9-17-2)16(20)19-8-7-15-13(10-19)12-5-3-4-6-14(12)18-15/h3-6,11,17-18H,7-10H2,1-2H3. The van der Waals surface area contributed by atoms with Crippen LogP contribution in [0.15, 0.2) is 24.3 Å². The van der Waals surface area contributed by atoms with Gasteiger partial charge >= 0.3 is 0 Å². The maximum atomic E-state index is 12.4. The van der Waals surface area contributed by atoms with Gasteiger partial charge in [-0.2, -0.15) is 0 Å². The van der Waals surface area contributed by atoms with Crippen LogP contribution in [0.1, 0.15) is 18.2 Å². The van der Waals surface area contributed by atoms with E-state index in [-0.39, 0.29) is 11.8 Å². The van der Waals surface area contributed by atoms with Crippen LogP contribution >= 0.6 is 0 Å². The first-order valence-corrected chi connectivity index (χ1v) is 7.22. The third-order valence-electron chi connectivity index (χ3n) is 4.13. The molecule has 0 aliphatic carbocycles. The summed E-state index contributed by atoms with van der Waals surface area (Å²) < 4.78 is 0. The summed E-state index contributed by atoms with van der Waals surface area (Å²) in [6, 6.07) is 8.34. The van der Waals surface area contributed by atoms with E-state index in [4.69, 9.17) is 0 Å². The number of carbonyl (C=O) groups excluding carboxylic acids is 1. The minimum atomic E-state index is 0.0340. The number of H-pyrrole nitrogens is 1. The zero-order valence-electron chi connectivity index (χ0n) is 12.1. The van der Waals surface area contributed by atoms with Gasteiger partial charge in [-0.15, -0.1) is 0 Å². The van der Waals surface area contributed by atoms with Crippen LogP contribution in [0.4, 0.5) is 0 Å². The smallest absolute Gasteiger partial charge is 0.226 e. The van der Waals surface area contributed by atoms with E-state index in [2.05, 4.69) is 28.5 Å². The van der Waals surface area contributed by atoms with Gasteiger partial charge in [-0.25, -0.2) is 0 Å². The Morgan fingerprint density at radius 1 is 1.45 bits per heavy atom. The molecule has 4 heteroatoms. The topological polar surface area (TPSA) is 48.1 Å². The summed E-state index contributed by atoms with van der Waals surface area (Å²) in [6.07, 6.45) is 0.919. The third kappa shape index (κ3) is 2.20. The van der Waals surface area contributed by atoms with Crippen molar-refractivity contribution in [3.05, 3.63) is 35.5 Å². The summed E-state index contributed by atoms with van der Waals surface area (Å²) in [5, 5.41) is 4.33. The highest BCUT2D eigenvalue weighted by Gasteiger charge is 2.26. The molecule has 0 radical (unpaired) electrons. The van der Waals surface area contributed by atoms with Gasteiger partial charge in [0.2, 0.25) is 5.91 Å². The summed E-state index contributed by atoms with van der Waals surface area (Å²) in [4.78, 5) is 17.9. The molecule has 1 aliphatic heterocycles. The number of para-hydroxylation sites is 1. The van der Waals surface area contributed by atoms with Gasteiger partial charge in [0.05, 0.1) is 0 Å². The molecule has 2 N–H and O–H groups in total. The number of benzene rings is 1. The second kappa shape index (κ2) is 5.29. The van der Waals surface area contributed by atoms with Crippen LogP contribution < -0.4 is 5.32 Å². The highest BCUT2D eigenvalue weighted by atomic mass is 16.2. The van der Waals surface area contributed by atoms with Crippen LogP contribution in [0.2, 0.25) is 0 Å². The molecular weight excluding hydrogens is 250 g/mol. The molecule has 2 heterocycles. The fourth-order valence-electron chi connectivity index (χ4n) is 3.06. The maximum absolute atomic E-state index is 12.4. The lowest BCUT2D eigenvalue weighted by atomic mass is 10.0. The number of rotatable bonds is 3. The van der Waals surface area contributed by atoms with Crippen molar-refractivity contribution in [1.29, 1.82) is 0 Å². The molecule has 106 valence electrons. The van der Waals surface area contributed by atoms with Crippen molar-refractivity contribution in [2.45, 2.75) is 19.9 Å². The van der Waals surface area contributed by atoms with Crippen LogP contribution in [0, 0.1) is 5.92 Å². The molecule has 0 fully saturated rings. The van der Waals surface area contributed by atoms with Crippen molar-refractivity contribution >= 4 is 16.8 Å². The molecule has 1 amide bonds. The van der Waals surface area contributed by atoms with Crippen LogP contribution in [0.3, 0.4) is 0 Å². The summed E-state index contributed by atoms with van der Waals surface area (Å²) in [5.41, 5.74) is 3.75. The fraction of sp³-hybridized carbons (Fsp3) is 0.438. The molecule has 1 aromatic heterocycles. The Hall–Kier alpha value is -1.81. The highest BCUT2D eigenvalue weighted by molar-refractivity contribution is 5.86. The third-order valence-corrected chi connectivity index (χ3v) is 4.13. The van der Waals surface area contributed by atoms with E-state index in [1.54, 1.807) is 0 Å². The molecule has 1 unspecified atom stereocenters. The fourth-order valence-corrected chi connectivity index (χ4v) is 3.06. The van der Waals surface area contributed by atoms with Gasteiger partial charge < -0.3 is 15.2 Å². The summed E-state index contributed by atoms with van der Waals surface area (Å²) in [6.45, 7) is 4.26. The van der Waals surface area contributed by atoms with E-state index in [1.165, 1.54) is 22.2 Å². The number of amides is 1. The van der Waals surface area contributed by atoms with E-state index < -0.39 is 0 Å².